The number of nitrogens with zero attached hydrogens (tertiary/aromatic N) is 5. The molecule has 0 fully saturated rings. The minimum absolute atomic E-state index is 0.265. The van der Waals surface area contributed by atoms with Crippen LogP contribution in [0.3, 0.4) is 0 Å². The van der Waals surface area contributed by atoms with Gasteiger partial charge in [-0.05, 0) is 30.3 Å². The molecule has 148 valence electrons. The Kier molecular flexibility index (Phi) is 5.44. The van der Waals surface area contributed by atoms with Gasteiger partial charge >= 0.3 is 0 Å². The molecule has 0 saturated heterocycles. The summed E-state index contributed by atoms with van der Waals surface area (Å²) in [4.78, 5) is 12.8. The maximum atomic E-state index is 13.1. The first kappa shape index (κ1) is 18.9. The molecule has 0 aliphatic heterocycles. The fourth-order valence-corrected chi connectivity index (χ4v) is 2.96. The maximum Gasteiger partial charge on any atom is 0.245 e. The zero-order valence-electron chi connectivity index (χ0n) is 15.5. The van der Waals surface area contributed by atoms with Crippen molar-refractivity contribution in [2.24, 2.45) is 0 Å². The second kappa shape index (κ2) is 8.32. The van der Waals surface area contributed by atoms with E-state index < -0.39 is 0 Å². The van der Waals surface area contributed by atoms with Crippen molar-refractivity contribution in [2.75, 3.05) is 18.1 Å². The van der Waals surface area contributed by atoms with Crippen molar-refractivity contribution < 1.29 is 13.9 Å². The van der Waals surface area contributed by atoms with Crippen LogP contribution in [0.2, 0.25) is 0 Å². The first-order chi connectivity index (χ1) is 14.1. The lowest BCUT2D eigenvalue weighted by atomic mass is 10.2. The zero-order valence-corrected chi connectivity index (χ0v) is 16.3. The number of imidazole rings is 1. The summed E-state index contributed by atoms with van der Waals surface area (Å²) in [6.07, 6.45) is 6.97. The standard InChI is InChI=1S/C20H17ClFN5O2/c1-28-18-11-17-14(10-19(18)29-9-8-26-7-6-23-13-26)12-24-20(25-17)27(21)16-4-2-15(22)3-5-16/h2-7,10-13H,8-9H2,1H3. The Morgan fingerprint density at radius 1 is 1.17 bits per heavy atom. The number of rotatable bonds is 7. The molecule has 0 bridgehead atoms. The molecule has 0 unspecified atom stereocenters. The molecule has 0 saturated carbocycles. The third-order valence-corrected chi connectivity index (χ3v) is 4.59. The average molecular weight is 414 g/mol. The van der Waals surface area contributed by atoms with Crippen LogP contribution in [0, 0.1) is 5.82 Å². The van der Waals surface area contributed by atoms with Crippen molar-refractivity contribution in [3.05, 3.63) is 67.1 Å². The van der Waals surface area contributed by atoms with Gasteiger partial charge in [0.25, 0.3) is 0 Å². The number of methoxy groups -OCH3 is 1. The summed E-state index contributed by atoms with van der Waals surface area (Å²) < 4.78 is 27.6. The topological polar surface area (TPSA) is 65.3 Å². The molecule has 2 aromatic carbocycles. The molecule has 0 aliphatic rings. The van der Waals surface area contributed by atoms with Crippen LogP contribution in [0.15, 0.2) is 61.3 Å². The van der Waals surface area contributed by atoms with Crippen LogP contribution in [0.25, 0.3) is 10.9 Å². The van der Waals surface area contributed by atoms with Gasteiger partial charge in [-0.15, -0.1) is 0 Å². The molecule has 4 aromatic rings. The minimum atomic E-state index is -0.344. The fraction of sp³-hybridized carbons (Fsp3) is 0.150. The number of fused-ring (bicyclic) bond motifs is 1. The van der Waals surface area contributed by atoms with Crippen molar-refractivity contribution in [3.63, 3.8) is 0 Å². The van der Waals surface area contributed by atoms with Gasteiger partial charge in [0.15, 0.2) is 11.5 Å². The van der Waals surface area contributed by atoms with E-state index in [9.17, 15) is 4.39 Å². The third-order valence-electron chi connectivity index (χ3n) is 4.25. The lowest BCUT2D eigenvalue weighted by Crippen LogP contribution is -2.08. The highest BCUT2D eigenvalue weighted by Gasteiger charge is 2.13. The van der Waals surface area contributed by atoms with Crippen LogP contribution in [-0.4, -0.2) is 33.2 Å². The van der Waals surface area contributed by atoms with Crippen LogP contribution < -0.4 is 13.9 Å². The molecule has 7 nitrogen and oxygen atoms in total. The maximum absolute atomic E-state index is 13.1. The van der Waals surface area contributed by atoms with Gasteiger partial charge < -0.3 is 14.0 Å². The van der Waals surface area contributed by atoms with Crippen LogP contribution in [0.4, 0.5) is 16.0 Å². The summed E-state index contributed by atoms with van der Waals surface area (Å²) in [7, 11) is 1.57. The molecule has 2 aromatic heterocycles. The van der Waals surface area contributed by atoms with Crippen LogP contribution >= 0.6 is 11.8 Å². The summed E-state index contributed by atoms with van der Waals surface area (Å²) in [5.41, 5.74) is 1.19. The van der Waals surface area contributed by atoms with Crippen molar-refractivity contribution in [2.45, 2.75) is 6.54 Å². The molecule has 0 amide bonds. The van der Waals surface area contributed by atoms with E-state index in [1.165, 1.54) is 16.6 Å². The summed E-state index contributed by atoms with van der Waals surface area (Å²) in [5.74, 6) is 1.07. The molecule has 0 spiro atoms. The van der Waals surface area contributed by atoms with Gasteiger partial charge in [-0.3, -0.25) is 0 Å². The predicted octanol–water partition coefficient (Wildman–Crippen LogP) is 4.34. The van der Waals surface area contributed by atoms with Gasteiger partial charge in [-0.25, -0.2) is 23.8 Å². The van der Waals surface area contributed by atoms with E-state index in [4.69, 9.17) is 21.3 Å². The fourth-order valence-electron chi connectivity index (χ4n) is 2.76. The lowest BCUT2D eigenvalue weighted by Gasteiger charge is -2.15. The number of aromatic nitrogens is 4. The highest BCUT2D eigenvalue weighted by atomic mass is 35.5. The van der Waals surface area contributed by atoms with Crippen LogP contribution in [0.1, 0.15) is 0 Å². The molecule has 0 aliphatic carbocycles. The highest BCUT2D eigenvalue weighted by molar-refractivity contribution is 6.28. The summed E-state index contributed by atoms with van der Waals surface area (Å²) >= 11 is 6.33. The van der Waals surface area contributed by atoms with E-state index >= 15 is 0 Å². The number of halogens is 2. The van der Waals surface area contributed by atoms with Crippen molar-refractivity contribution in [1.82, 2.24) is 19.5 Å². The normalized spacial score (nSPS) is 10.9. The monoisotopic (exact) mass is 413 g/mol. The van der Waals surface area contributed by atoms with Gasteiger partial charge in [0.05, 0.1) is 31.2 Å². The molecule has 0 radical (unpaired) electrons. The van der Waals surface area contributed by atoms with Gasteiger partial charge in [0.1, 0.15) is 12.4 Å². The van der Waals surface area contributed by atoms with Gasteiger partial charge in [0, 0.05) is 41.8 Å². The summed E-state index contributed by atoms with van der Waals surface area (Å²) in [6, 6.07) is 9.33. The molecular formula is C20H17ClFN5O2. The Bertz CT molecular complexity index is 1110. The largest absolute Gasteiger partial charge is 0.493 e. The molecular weight excluding hydrogens is 397 g/mol. The van der Waals surface area contributed by atoms with Crippen molar-refractivity contribution >= 4 is 34.3 Å². The lowest BCUT2D eigenvalue weighted by molar-refractivity contribution is 0.280. The second-order valence-corrected chi connectivity index (χ2v) is 6.48. The minimum Gasteiger partial charge on any atom is -0.493 e. The van der Waals surface area contributed by atoms with E-state index in [1.807, 2.05) is 16.8 Å². The average Bonchev–Trinajstić information content (AvgIpc) is 3.26. The number of hydrogen-bond acceptors (Lipinski definition) is 6. The van der Waals surface area contributed by atoms with E-state index in [0.29, 0.717) is 35.9 Å². The van der Waals surface area contributed by atoms with Crippen molar-refractivity contribution in [1.29, 1.82) is 0 Å². The van der Waals surface area contributed by atoms with Gasteiger partial charge in [-0.1, -0.05) is 0 Å². The SMILES string of the molecule is COc1cc2nc(N(Cl)c3ccc(F)cc3)ncc2cc1OCCn1ccnc1. The Balaban J connectivity index is 1.57. The quantitative estimate of drug-likeness (QED) is 0.420. The van der Waals surface area contributed by atoms with Crippen LogP contribution in [0.5, 0.6) is 11.5 Å². The van der Waals surface area contributed by atoms with E-state index in [-0.39, 0.29) is 11.8 Å². The smallest absolute Gasteiger partial charge is 0.245 e. The van der Waals surface area contributed by atoms with Crippen LogP contribution in [-0.2, 0) is 6.54 Å². The molecule has 0 N–H and O–H groups in total. The Morgan fingerprint density at radius 3 is 2.72 bits per heavy atom. The Morgan fingerprint density at radius 2 is 2.00 bits per heavy atom. The molecule has 4 rings (SSSR count). The number of anilines is 2. The molecule has 0 atom stereocenters. The first-order valence-electron chi connectivity index (χ1n) is 8.79. The Labute approximate surface area is 171 Å². The predicted molar refractivity (Wildman–Crippen MR) is 108 cm³/mol. The Hall–Kier alpha value is -3.39. The third kappa shape index (κ3) is 4.22. The van der Waals surface area contributed by atoms with Gasteiger partial charge in [-0.2, -0.15) is 0 Å². The highest BCUT2D eigenvalue weighted by Crippen LogP contribution is 2.33. The zero-order chi connectivity index (χ0) is 20.2. The van der Waals surface area contributed by atoms with Crippen molar-refractivity contribution in [3.8, 4) is 11.5 Å². The van der Waals surface area contributed by atoms with E-state index in [2.05, 4.69) is 15.0 Å². The molecule has 29 heavy (non-hydrogen) atoms. The number of benzene rings is 2. The van der Waals surface area contributed by atoms with Gasteiger partial charge in [0.2, 0.25) is 5.95 Å². The number of hydrogen-bond donors (Lipinski definition) is 0. The van der Waals surface area contributed by atoms with E-state index in [1.54, 1.807) is 44.0 Å². The second-order valence-electron chi connectivity index (χ2n) is 6.14. The summed E-state index contributed by atoms with van der Waals surface area (Å²) in [5, 5.41) is 0.774. The molecule has 9 heteroatoms. The summed E-state index contributed by atoms with van der Waals surface area (Å²) in [6.45, 7) is 1.12. The molecule has 2 heterocycles. The first-order valence-corrected chi connectivity index (χ1v) is 9.12. The van der Waals surface area contributed by atoms with E-state index in [0.717, 1.165) is 5.39 Å². The number of ether oxygens (including phenoxy) is 2.